The Balaban J connectivity index is 1.64. The van der Waals surface area contributed by atoms with Crippen LogP contribution in [0.25, 0.3) is 0 Å². The van der Waals surface area contributed by atoms with Gasteiger partial charge in [0, 0.05) is 35.6 Å². The van der Waals surface area contributed by atoms with E-state index in [0.717, 1.165) is 30.6 Å². The molecule has 2 heterocycles. The van der Waals surface area contributed by atoms with Crippen LogP contribution in [0.3, 0.4) is 0 Å². The third-order valence-electron chi connectivity index (χ3n) is 4.50. The molecule has 2 atom stereocenters. The first-order chi connectivity index (χ1) is 10.2. The Morgan fingerprint density at radius 2 is 2.05 bits per heavy atom. The lowest BCUT2D eigenvalue weighted by Crippen LogP contribution is -2.42. The standard InChI is InChI=1S/C17H24N2OS/c1-13-4-2-3-10-19(13)17(20)14-5-7-15(8-6-14)18-16-9-11-21-12-16/h5-8,13,16,18H,2-4,9-12H2,1H3. The van der Waals surface area contributed by atoms with Crippen LogP contribution in [-0.4, -0.2) is 40.9 Å². The van der Waals surface area contributed by atoms with Crippen LogP contribution in [0.15, 0.2) is 24.3 Å². The molecule has 21 heavy (non-hydrogen) atoms. The summed E-state index contributed by atoms with van der Waals surface area (Å²) < 4.78 is 0. The second-order valence-electron chi connectivity index (χ2n) is 6.13. The second kappa shape index (κ2) is 6.73. The summed E-state index contributed by atoms with van der Waals surface area (Å²) in [5.41, 5.74) is 1.95. The van der Waals surface area contributed by atoms with Crippen LogP contribution in [0.4, 0.5) is 5.69 Å². The number of benzene rings is 1. The smallest absolute Gasteiger partial charge is 0.254 e. The zero-order valence-electron chi connectivity index (χ0n) is 12.7. The lowest BCUT2D eigenvalue weighted by Gasteiger charge is -2.33. The molecule has 1 N–H and O–H groups in total. The molecular formula is C17H24N2OS. The number of carbonyl (C=O) groups is 1. The molecule has 0 aromatic heterocycles. The van der Waals surface area contributed by atoms with Gasteiger partial charge in [-0.25, -0.2) is 0 Å². The molecule has 114 valence electrons. The molecule has 0 aliphatic carbocycles. The minimum absolute atomic E-state index is 0.185. The summed E-state index contributed by atoms with van der Waals surface area (Å²) in [5.74, 6) is 2.62. The molecule has 2 aliphatic heterocycles. The average Bonchev–Trinajstić information content (AvgIpc) is 3.01. The number of nitrogens with zero attached hydrogens (tertiary/aromatic N) is 1. The normalized spacial score (nSPS) is 25.9. The van der Waals surface area contributed by atoms with E-state index in [0.29, 0.717) is 12.1 Å². The fourth-order valence-electron chi connectivity index (χ4n) is 3.16. The van der Waals surface area contributed by atoms with Gasteiger partial charge in [-0.15, -0.1) is 0 Å². The Hall–Kier alpha value is -1.16. The van der Waals surface area contributed by atoms with Gasteiger partial charge in [0.2, 0.25) is 0 Å². The quantitative estimate of drug-likeness (QED) is 0.925. The average molecular weight is 304 g/mol. The number of likely N-dealkylation sites (tertiary alicyclic amines) is 1. The number of rotatable bonds is 3. The Labute approximate surface area is 131 Å². The fraction of sp³-hybridized carbons (Fsp3) is 0.588. The maximum Gasteiger partial charge on any atom is 0.254 e. The summed E-state index contributed by atoms with van der Waals surface area (Å²) in [7, 11) is 0. The summed E-state index contributed by atoms with van der Waals surface area (Å²) in [5, 5.41) is 3.55. The highest BCUT2D eigenvalue weighted by Crippen LogP contribution is 2.23. The van der Waals surface area contributed by atoms with Crippen LogP contribution in [0.5, 0.6) is 0 Å². The van der Waals surface area contributed by atoms with E-state index in [1.165, 1.54) is 24.3 Å². The summed E-state index contributed by atoms with van der Waals surface area (Å²) >= 11 is 2.01. The molecule has 3 rings (SSSR count). The van der Waals surface area contributed by atoms with Crippen molar-refractivity contribution in [1.29, 1.82) is 0 Å². The molecule has 2 aliphatic rings. The van der Waals surface area contributed by atoms with Crippen molar-refractivity contribution >= 4 is 23.4 Å². The maximum absolute atomic E-state index is 12.6. The van der Waals surface area contributed by atoms with Crippen molar-refractivity contribution in [1.82, 2.24) is 4.90 Å². The Morgan fingerprint density at radius 3 is 2.71 bits per heavy atom. The van der Waals surface area contributed by atoms with E-state index in [1.807, 2.05) is 40.9 Å². The first kappa shape index (κ1) is 14.8. The van der Waals surface area contributed by atoms with Gasteiger partial charge in [0.15, 0.2) is 0 Å². The van der Waals surface area contributed by atoms with Crippen molar-refractivity contribution in [2.45, 2.75) is 44.7 Å². The number of amides is 1. The van der Waals surface area contributed by atoms with Gasteiger partial charge in [-0.2, -0.15) is 11.8 Å². The van der Waals surface area contributed by atoms with Crippen LogP contribution in [0, 0.1) is 0 Å². The van der Waals surface area contributed by atoms with E-state index < -0.39 is 0 Å². The van der Waals surface area contributed by atoms with Crippen LogP contribution in [0.1, 0.15) is 43.0 Å². The van der Waals surface area contributed by atoms with Crippen molar-refractivity contribution in [3.05, 3.63) is 29.8 Å². The summed E-state index contributed by atoms with van der Waals surface area (Å²) in [6.45, 7) is 3.06. The van der Waals surface area contributed by atoms with Gasteiger partial charge in [-0.1, -0.05) is 0 Å². The lowest BCUT2D eigenvalue weighted by molar-refractivity contribution is 0.0635. The third kappa shape index (κ3) is 3.54. The highest BCUT2D eigenvalue weighted by molar-refractivity contribution is 7.99. The molecule has 0 bridgehead atoms. The van der Waals surface area contributed by atoms with Crippen molar-refractivity contribution in [2.75, 3.05) is 23.4 Å². The van der Waals surface area contributed by atoms with Gasteiger partial charge >= 0.3 is 0 Å². The predicted octanol–water partition coefficient (Wildman–Crippen LogP) is 3.62. The number of hydrogen-bond acceptors (Lipinski definition) is 3. The lowest BCUT2D eigenvalue weighted by atomic mass is 10.0. The molecule has 0 saturated carbocycles. The predicted molar refractivity (Wildman–Crippen MR) is 90.1 cm³/mol. The van der Waals surface area contributed by atoms with E-state index in [2.05, 4.69) is 12.2 Å². The molecule has 1 aromatic carbocycles. The largest absolute Gasteiger partial charge is 0.381 e. The van der Waals surface area contributed by atoms with Crippen LogP contribution >= 0.6 is 11.8 Å². The van der Waals surface area contributed by atoms with Gasteiger partial charge in [0.1, 0.15) is 0 Å². The number of anilines is 1. The van der Waals surface area contributed by atoms with Crippen molar-refractivity contribution in [2.24, 2.45) is 0 Å². The van der Waals surface area contributed by atoms with Gasteiger partial charge < -0.3 is 10.2 Å². The Bertz CT molecular complexity index is 482. The van der Waals surface area contributed by atoms with Crippen molar-refractivity contribution < 1.29 is 4.79 Å². The number of hydrogen-bond donors (Lipinski definition) is 1. The Morgan fingerprint density at radius 1 is 1.24 bits per heavy atom. The van der Waals surface area contributed by atoms with Gasteiger partial charge in [0.25, 0.3) is 5.91 Å². The van der Waals surface area contributed by atoms with E-state index in [9.17, 15) is 4.79 Å². The molecule has 4 heteroatoms. The molecule has 1 aromatic rings. The molecule has 2 saturated heterocycles. The summed E-state index contributed by atoms with van der Waals surface area (Å²) in [4.78, 5) is 14.6. The zero-order valence-corrected chi connectivity index (χ0v) is 13.5. The first-order valence-corrected chi connectivity index (χ1v) is 9.15. The summed E-state index contributed by atoms with van der Waals surface area (Å²) in [6, 6.07) is 8.98. The highest BCUT2D eigenvalue weighted by Gasteiger charge is 2.24. The van der Waals surface area contributed by atoms with Crippen molar-refractivity contribution in [3.8, 4) is 0 Å². The topological polar surface area (TPSA) is 32.3 Å². The van der Waals surface area contributed by atoms with E-state index >= 15 is 0 Å². The SMILES string of the molecule is CC1CCCCN1C(=O)c1ccc(NC2CCSC2)cc1. The second-order valence-corrected chi connectivity index (χ2v) is 7.28. The maximum atomic E-state index is 12.6. The molecule has 2 fully saturated rings. The number of nitrogens with one attached hydrogen (secondary N) is 1. The number of thioether (sulfide) groups is 1. The van der Waals surface area contributed by atoms with Crippen LogP contribution in [-0.2, 0) is 0 Å². The van der Waals surface area contributed by atoms with E-state index in [-0.39, 0.29) is 5.91 Å². The monoisotopic (exact) mass is 304 g/mol. The van der Waals surface area contributed by atoms with Gasteiger partial charge in [0.05, 0.1) is 0 Å². The third-order valence-corrected chi connectivity index (χ3v) is 5.66. The van der Waals surface area contributed by atoms with E-state index in [4.69, 9.17) is 0 Å². The molecular weight excluding hydrogens is 280 g/mol. The minimum atomic E-state index is 0.185. The fourth-order valence-corrected chi connectivity index (χ4v) is 4.31. The zero-order chi connectivity index (χ0) is 14.7. The van der Waals surface area contributed by atoms with Gasteiger partial charge in [-0.05, 0) is 62.6 Å². The van der Waals surface area contributed by atoms with Crippen LogP contribution < -0.4 is 5.32 Å². The summed E-state index contributed by atoms with van der Waals surface area (Å²) in [6.07, 6.45) is 4.74. The minimum Gasteiger partial charge on any atom is -0.381 e. The number of carbonyl (C=O) groups excluding carboxylic acids is 1. The number of piperidine rings is 1. The first-order valence-electron chi connectivity index (χ1n) is 7.99. The molecule has 1 amide bonds. The van der Waals surface area contributed by atoms with E-state index in [1.54, 1.807) is 0 Å². The molecule has 0 radical (unpaired) electrons. The molecule has 0 spiro atoms. The Kier molecular flexibility index (Phi) is 4.73. The van der Waals surface area contributed by atoms with Crippen molar-refractivity contribution in [3.63, 3.8) is 0 Å². The molecule has 3 nitrogen and oxygen atoms in total. The highest BCUT2D eigenvalue weighted by atomic mass is 32.2. The van der Waals surface area contributed by atoms with Crippen LogP contribution in [0.2, 0.25) is 0 Å². The molecule has 2 unspecified atom stereocenters. The van der Waals surface area contributed by atoms with Gasteiger partial charge in [-0.3, -0.25) is 4.79 Å².